The first-order valence-corrected chi connectivity index (χ1v) is 7.71. The molecule has 2 bridgehead atoms. The highest BCUT2D eigenvalue weighted by Gasteiger charge is 2.14. The number of epoxide rings is 1. The quantitative estimate of drug-likeness (QED) is 0.599. The summed E-state index contributed by atoms with van der Waals surface area (Å²) in [5.74, 6) is 0.752. The van der Waals surface area contributed by atoms with Gasteiger partial charge < -0.3 is 9.47 Å². The molecule has 1 aromatic heterocycles. The van der Waals surface area contributed by atoms with Crippen LogP contribution in [-0.2, 0) is 11.3 Å². The fraction of sp³-hybridized carbons (Fsp3) is 0.211. The molecule has 116 valence electrons. The maximum absolute atomic E-state index is 12.2. The Hall–Kier alpha value is -2.59. The number of hydrogen-bond donors (Lipinski definition) is 0. The molecule has 1 fully saturated rings. The molecule has 0 amide bonds. The Morgan fingerprint density at radius 2 is 1.87 bits per heavy atom. The van der Waals surface area contributed by atoms with E-state index in [-0.39, 0.29) is 5.56 Å². The van der Waals surface area contributed by atoms with Crippen molar-refractivity contribution in [3.63, 3.8) is 0 Å². The minimum Gasteiger partial charge on any atom is -0.487 e. The SMILES string of the molecule is CC1CO1.O=c1ccc2cccc3c2n1-c1cccc(c1)CO3. The van der Waals surface area contributed by atoms with E-state index in [0.717, 1.165) is 34.5 Å². The zero-order valence-electron chi connectivity index (χ0n) is 12.9. The molecular weight excluding hydrogens is 290 g/mol. The summed E-state index contributed by atoms with van der Waals surface area (Å²) in [5, 5.41) is 1.00. The van der Waals surface area contributed by atoms with Crippen LogP contribution in [0.1, 0.15) is 12.5 Å². The molecule has 0 N–H and O–H groups in total. The van der Waals surface area contributed by atoms with Crippen LogP contribution in [0.5, 0.6) is 5.75 Å². The molecule has 1 saturated heterocycles. The fourth-order valence-corrected chi connectivity index (χ4v) is 2.67. The summed E-state index contributed by atoms with van der Waals surface area (Å²) in [6.07, 6.45) is 0.583. The van der Waals surface area contributed by atoms with Crippen LogP contribution in [0.25, 0.3) is 16.6 Å². The topological polar surface area (TPSA) is 43.8 Å². The van der Waals surface area contributed by atoms with E-state index < -0.39 is 0 Å². The van der Waals surface area contributed by atoms with Gasteiger partial charge in [0.1, 0.15) is 12.4 Å². The van der Waals surface area contributed by atoms with E-state index in [1.165, 1.54) is 0 Å². The van der Waals surface area contributed by atoms with E-state index in [1.807, 2.05) is 48.5 Å². The molecule has 0 aliphatic carbocycles. The number of aromatic nitrogens is 1. The number of hydrogen-bond acceptors (Lipinski definition) is 3. The van der Waals surface area contributed by atoms with Crippen molar-refractivity contribution in [2.75, 3.05) is 6.61 Å². The van der Waals surface area contributed by atoms with Gasteiger partial charge in [-0.15, -0.1) is 0 Å². The molecule has 2 aliphatic rings. The summed E-state index contributed by atoms with van der Waals surface area (Å²) in [7, 11) is 0. The molecule has 0 saturated carbocycles. The maximum atomic E-state index is 12.2. The number of ether oxygens (including phenoxy) is 2. The first kappa shape index (κ1) is 14.0. The first-order valence-electron chi connectivity index (χ1n) is 7.71. The lowest BCUT2D eigenvalue weighted by molar-refractivity contribution is 0.308. The lowest BCUT2D eigenvalue weighted by Gasteiger charge is -2.18. The lowest BCUT2D eigenvalue weighted by atomic mass is 10.1. The highest BCUT2D eigenvalue weighted by Crippen LogP contribution is 2.29. The summed E-state index contributed by atoms with van der Waals surface area (Å²) in [6.45, 7) is 3.57. The van der Waals surface area contributed by atoms with E-state index in [9.17, 15) is 4.79 Å². The van der Waals surface area contributed by atoms with Gasteiger partial charge in [-0.2, -0.15) is 0 Å². The molecule has 4 nitrogen and oxygen atoms in total. The Bertz CT molecular complexity index is 925. The van der Waals surface area contributed by atoms with E-state index in [1.54, 1.807) is 10.6 Å². The van der Waals surface area contributed by atoms with Crippen LogP contribution in [0, 0.1) is 0 Å². The van der Waals surface area contributed by atoms with Crippen molar-refractivity contribution in [2.24, 2.45) is 0 Å². The third-order valence-corrected chi connectivity index (χ3v) is 3.94. The number of para-hydroxylation sites is 1. The zero-order chi connectivity index (χ0) is 15.8. The van der Waals surface area contributed by atoms with Crippen LogP contribution in [0.15, 0.2) is 59.4 Å². The molecule has 4 heteroatoms. The van der Waals surface area contributed by atoms with E-state index in [4.69, 9.17) is 9.47 Å². The molecule has 5 rings (SSSR count). The second kappa shape index (κ2) is 5.56. The van der Waals surface area contributed by atoms with Crippen molar-refractivity contribution in [1.82, 2.24) is 4.57 Å². The van der Waals surface area contributed by atoms with Gasteiger partial charge in [0.25, 0.3) is 5.56 Å². The van der Waals surface area contributed by atoms with Gasteiger partial charge in [-0.05, 0) is 36.8 Å². The first-order chi connectivity index (χ1) is 11.2. The van der Waals surface area contributed by atoms with Gasteiger partial charge in [0, 0.05) is 17.1 Å². The summed E-state index contributed by atoms with van der Waals surface area (Å²) in [6, 6.07) is 17.2. The molecular formula is C19H17NO3. The van der Waals surface area contributed by atoms with Crippen LogP contribution in [0.4, 0.5) is 0 Å². The number of fused-ring (bicyclic) bond motifs is 3. The van der Waals surface area contributed by atoms with Crippen molar-refractivity contribution < 1.29 is 9.47 Å². The van der Waals surface area contributed by atoms with Crippen LogP contribution < -0.4 is 10.3 Å². The van der Waals surface area contributed by atoms with Crippen molar-refractivity contribution in [1.29, 1.82) is 0 Å². The summed E-state index contributed by atoms with van der Waals surface area (Å²) >= 11 is 0. The normalized spacial score (nSPS) is 17.3. The predicted octanol–water partition coefficient (Wildman–Crippen LogP) is 3.29. The van der Waals surface area contributed by atoms with Crippen molar-refractivity contribution in [3.8, 4) is 11.4 Å². The second-order valence-electron chi connectivity index (χ2n) is 5.80. The van der Waals surface area contributed by atoms with Crippen LogP contribution in [0.3, 0.4) is 0 Å². The molecule has 2 aromatic carbocycles. The summed E-state index contributed by atoms with van der Waals surface area (Å²) in [5.41, 5.74) is 2.76. The third kappa shape index (κ3) is 2.73. The smallest absolute Gasteiger partial charge is 0.255 e. The van der Waals surface area contributed by atoms with Gasteiger partial charge in [0.2, 0.25) is 0 Å². The lowest BCUT2D eigenvalue weighted by Crippen LogP contribution is -2.19. The molecule has 2 aliphatic heterocycles. The molecule has 23 heavy (non-hydrogen) atoms. The van der Waals surface area contributed by atoms with Crippen molar-refractivity contribution in [3.05, 3.63) is 70.5 Å². The molecule has 3 aromatic rings. The van der Waals surface area contributed by atoms with Gasteiger partial charge in [0.15, 0.2) is 0 Å². The Labute approximate surface area is 133 Å². The molecule has 1 atom stereocenters. The van der Waals surface area contributed by atoms with Crippen molar-refractivity contribution >= 4 is 10.9 Å². The minimum atomic E-state index is -0.0393. The largest absolute Gasteiger partial charge is 0.487 e. The van der Waals surface area contributed by atoms with E-state index >= 15 is 0 Å². The van der Waals surface area contributed by atoms with Gasteiger partial charge in [-0.3, -0.25) is 9.36 Å². The van der Waals surface area contributed by atoms with Gasteiger partial charge >= 0.3 is 0 Å². The molecule has 3 heterocycles. The number of pyridine rings is 1. The van der Waals surface area contributed by atoms with Crippen LogP contribution in [-0.4, -0.2) is 17.3 Å². The van der Waals surface area contributed by atoms with Gasteiger partial charge in [-0.1, -0.05) is 24.3 Å². The number of rotatable bonds is 0. The monoisotopic (exact) mass is 307 g/mol. The van der Waals surface area contributed by atoms with Crippen molar-refractivity contribution in [2.45, 2.75) is 19.6 Å². The summed E-state index contributed by atoms with van der Waals surface area (Å²) < 4.78 is 12.3. The van der Waals surface area contributed by atoms with Crippen LogP contribution in [0.2, 0.25) is 0 Å². The average Bonchev–Trinajstić information content (AvgIpc) is 3.35. The Balaban J connectivity index is 0.000000297. The Morgan fingerprint density at radius 3 is 2.65 bits per heavy atom. The summed E-state index contributed by atoms with van der Waals surface area (Å²) in [4.78, 5) is 12.2. The highest BCUT2D eigenvalue weighted by molar-refractivity contribution is 5.86. The standard InChI is InChI=1S/C16H11NO2.C3H6O/c18-15-8-7-12-4-2-6-14-16(12)17(15)13-5-1-3-11(9-13)10-19-14;1-3-2-4-3/h1-9H,10H2;3H,2H2,1H3. The minimum absolute atomic E-state index is 0.0393. The van der Waals surface area contributed by atoms with Crippen LogP contribution >= 0.6 is 0 Å². The third-order valence-electron chi connectivity index (χ3n) is 3.94. The number of nitrogens with zero attached hydrogens (tertiary/aromatic N) is 1. The highest BCUT2D eigenvalue weighted by atomic mass is 16.6. The van der Waals surface area contributed by atoms with Gasteiger partial charge in [-0.25, -0.2) is 0 Å². The second-order valence-corrected chi connectivity index (χ2v) is 5.80. The molecule has 1 unspecified atom stereocenters. The molecule has 0 spiro atoms. The number of benzene rings is 2. The van der Waals surface area contributed by atoms with Gasteiger partial charge in [0.05, 0.1) is 18.2 Å². The fourth-order valence-electron chi connectivity index (χ4n) is 2.67. The van der Waals surface area contributed by atoms with E-state index in [0.29, 0.717) is 12.7 Å². The predicted molar refractivity (Wildman–Crippen MR) is 89.3 cm³/mol. The maximum Gasteiger partial charge on any atom is 0.255 e. The Morgan fingerprint density at radius 1 is 1.09 bits per heavy atom. The van der Waals surface area contributed by atoms with E-state index in [2.05, 4.69) is 6.92 Å². The molecule has 0 radical (unpaired) electrons. The zero-order valence-corrected chi connectivity index (χ0v) is 12.9. The Kier molecular flexibility index (Phi) is 3.39. The average molecular weight is 307 g/mol.